The standard InChI is InChI=1S/C21H27N5O5S/c1-12(2)11-26-18(22)17(19(28)24-21(26)29)25(7-8-30-4)16(27)10-14-13(3)31-20(23-14)15-6-5-9-32-15/h5-6,9,12H,7-8,10-11,22H2,1-4H3,(H,24,28,29). The average Bonchev–Trinajstić information content (AvgIpc) is 3.37. The van der Waals surface area contributed by atoms with E-state index in [1.165, 1.54) is 27.9 Å². The van der Waals surface area contributed by atoms with Crippen molar-refractivity contribution < 1.29 is 13.9 Å². The van der Waals surface area contributed by atoms with Gasteiger partial charge in [-0.15, -0.1) is 11.3 Å². The van der Waals surface area contributed by atoms with E-state index in [9.17, 15) is 14.4 Å². The Morgan fingerprint density at radius 3 is 2.78 bits per heavy atom. The van der Waals surface area contributed by atoms with E-state index in [1.807, 2.05) is 31.4 Å². The normalized spacial score (nSPS) is 11.3. The fourth-order valence-corrected chi connectivity index (χ4v) is 3.91. The van der Waals surface area contributed by atoms with Crippen LogP contribution in [-0.4, -0.2) is 40.7 Å². The summed E-state index contributed by atoms with van der Waals surface area (Å²) in [5, 5.41) is 1.91. The first-order valence-electron chi connectivity index (χ1n) is 10.1. The van der Waals surface area contributed by atoms with Gasteiger partial charge in [0.1, 0.15) is 11.6 Å². The van der Waals surface area contributed by atoms with Crippen molar-refractivity contribution in [2.75, 3.05) is 30.9 Å². The van der Waals surface area contributed by atoms with Gasteiger partial charge in [-0.2, -0.15) is 0 Å². The van der Waals surface area contributed by atoms with Crippen molar-refractivity contribution >= 4 is 28.7 Å². The minimum absolute atomic E-state index is 0.0620. The second-order valence-electron chi connectivity index (χ2n) is 7.71. The van der Waals surface area contributed by atoms with E-state index in [4.69, 9.17) is 14.9 Å². The van der Waals surface area contributed by atoms with Gasteiger partial charge in [0.05, 0.1) is 23.6 Å². The van der Waals surface area contributed by atoms with Crippen molar-refractivity contribution in [2.24, 2.45) is 5.92 Å². The van der Waals surface area contributed by atoms with Gasteiger partial charge in [0.15, 0.2) is 5.69 Å². The molecule has 0 radical (unpaired) electrons. The summed E-state index contributed by atoms with van der Waals surface area (Å²) in [4.78, 5) is 47.1. The molecule has 0 unspecified atom stereocenters. The number of methoxy groups -OCH3 is 1. The Balaban J connectivity index is 1.98. The molecule has 0 aliphatic heterocycles. The number of rotatable bonds is 9. The van der Waals surface area contributed by atoms with Crippen LogP contribution in [-0.2, 0) is 22.5 Å². The largest absolute Gasteiger partial charge is 0.440 e. The van der Waals surface area contributed by atoms with Gasteiger partial charge in [0, 0.05) is 20.2 Å². The number of hydrogen-bond donors (Lipinski definition) is 2. The topological polar surface area (TPSA) is 136 Å². The van der Waals surface area contributed by atoms with Crippen molar-refractivity contribution in [3.05, 3.63) is 49.8 Å². The van der Waals surface area contributed by atoms with Crippen LogP contribution in [0.4, 0.5) is 11.5 Å². The molecule has 1 amide bonds. The summed E-state index contributed by atoms with van der Waals surface area (Å²) in [6, 6.07) is 3.77. The molecule has 11 heteroatoms. The lowest BCUT2D eigenvalue weighted by molar-refractivity contribution is -0.118. The molecule has 0 saturated heterocycles. The Kier molecular flexibility index (Phi) is 7.31. The number of oxazole rings is 1. The van der Waals surface area contributed by atoms with Gasteiger partial charge >= 0.3 is 5.69 Å². The van der Waals surface area contributed by atoms with Crippen LogP contribution >= 0.6 is 11.3 Å². The molecule has 0 aromatic carbocycles. The number of aromatic amines is 1. The molecule has 0 atom stereocenters. The molecule has 3 aromatic heterocycles. The van der Waals surface area contributed by atoms with E-state index in [0.29, 0.717) is 23.9 Å². The third-order valence-electron chi connectivity index (χ3n) is 4.80. The highest BCUT2D eigenvalue weighted by molar-refractivity contribution is 7.13. The molecule has 3 aromatic rings. The van der Waals surface area contributed by atoms with Crippen molar-refractivity contribution in [1.82, 2.24) is 14.5 Å². The molecule has 32 heavy (non-hydrogen) atoms. The molecule has 3 N–H and O–H groups in total. The molecular formula is C21H27N5O5S. The second kappa shape index (κ2) is 9.96. The van der Waals surface area contributed by atoms with Crippen LogP contribution in [0.5, 0.6) is 0 Å². The van der Waals surface area contributed by atoms with Gasteiger partial charge in [0.25, 0.3) is 5.56 Å². The zero-order chi connectivity index (χ0) is 23.4. The highest BCUT2D eigenvalue weighted by Gasteiger charge is 2.26. The molecule has 0 spiro atoms. The first-order valence-corrected chi connectivity index (χ1v) is 11.0. The first-order chi connectivity index (χ1) is 15.2. The van der Waals surface area contributed by atoms with Gasteiger partial charge in [-0.3, -0.25) is 19.1 Å². The van der Waals surface area contributed by atoms with E-state index in [-0.39, 0.29) is 37.0 Å². The predicted molar refractivity (Wildman–Crippen MR) is 123 cm³/mol. The van der Waals surface area contributed by atoms with Gasteiger partial charge in [-0.25, -0.2) is 9.78 Å². The Morgan fingerprint density at radius 1 is 1.41 bits per heavy atom. The number of H-pyrrole nitrogens is 1. The maximum absolute atomic E-state index is 13.3. The summed E-state index contributed by atoms with van der Waals surface area (Å²) in [6.07, 6.45) is -0.105. The predicted octanol–water partition coefficient (Wildman–Crippen LogP) is 2.02. The Labute approximate surface area is 188 Å². The number of amides is 1. The maximum atomic E-state index is 13.3. The lowest BCUT2D eigenvalue weighted by Crippen LogP contribution is -2.43. The minimum atomic E-state index is -0.729. The Morgan fingerprint density at radius 2 is 2.16 bits per heavy atom. The first kappa shape index (κ1) is 23.5. The van der Waals surface area contributed by atoms with E-state index < -0.39 is 17.2 Å². The van der Waals surface area contributed by atoms with Crippen LogP contribution in [0.15, 0.2) is 31.5 Å². The molecule has 0 aliphatic carbocycles. The van der Waals surface area contributed by atoms with Crippen molar-refractivity contribution in [3.63, 3.8) is 0 Å². The number of nitrogens with one attached hydrogen (secondary N) is 1. The van der Waals surface area contributed by atoms with E-state index in [0.717, 1.165) is 4.88 Å². The number of aryl methyl sites for hydroxylation is 1. The number of anilines is 2. The number of aromatic nitrogens is 3. The van der Waals surface area contributed by atoms with Crippen LogP contribution in [0.1, 0.15) is 25.3 Å². The van der Waals surface area contributed by atoms with Gasteiger partial charge in [0.2, 0.25) is 11.8 Å². The Hall–Kier alpha value is -3.18. The van der Waals surface area contributed by atoms with Gasteiger partial charge < -0.3 is 19.8 Å². The van der Waals surface area contributed by atoms with Crippen LogP contribution in [0, 0.1) is 12.8 Å². The number of thiophene rings is 1. The number of ether oxygens (including phenoxy) is 1. The number of nitrogen functional groups attached to an aromatic ring is 1. The highest BCUT2D eigenvalue weighted by atomic mass is 32.1. The molecule has 0 saturated carbocycles. The zero-order valence-electron chi connectivity index (χ0n) is 18.5. The lowest BCUT2D eigenvalue weighted by atomic mass is 10.2. The summed E-state index contributed by atoms with van der Waals surface area (Å²) >= 11 is 1.48. The SMILES string of the molecule is COCCN(C(=O)Cc1nc(-c2cccs2)oc1C)c1c(N)n(CC(C)C)c(=O)[nH]c1=O. The number of carbonyl (C=O) groups excluding carboxylic acids is 1. The minimum Gasteiger partial charge on any atom is -0.440 e. The fraction of sp³-hybridized carbons (Fsp3) is 0.429. The molecule has 3 heterocycles. The number of carbonyl (C=O) groups is 1. The second-order valence-corrected chi connectivity index (χ2v) is 8.66. The summed E-state index contributed by atoms with van der Waals surface area (Å²) in [6.45, 7) is 6.12. The monoisotopic (exact) mass is 461 g/mol. The zero-order valence-corrected chi connectivity index (χ0v) is 19.3. The van der Waals surface area contributed by atoms with E-state index >= 15 is 0 Å². The molecule has 0 bridgehead atoms. The Bertz CT molecular complexity index is 1190. The third kappa shape index (κ3) is 5.00. The van der Waals surface area contributed by atoms with Crippen LogP contribution in [0.2, 0.25) is 0 Å². The molecular weight excluding hydrogens is 434 g/mol. The number of hydrogen-bond acceptors (Lipinski definition) is 8. The van der Waals surface area contributed by atoms with Crippen LogP contribution < -0.4 is 21.9 Å². The summed E-state index contributed by atoms with van der Waals surface area (Å²) in [7, 11) is 1.49. The summed E-state index contributed by atoms with van der Waals surface area (Å²) in [5.41, 5.74) is 5.26. The molecule has 10 nitrogen and oxygen atoms in total. The lowest BCUT2D eigenvalue weighted by Gasteiger charge is -2.24. The molecule has 0 fully saturated rings. The van der Waals surface area contributed by atoms with Gasteiger partial charge in [-0.05, 0) is 24.3 Å². The maximum Gasteiger partial charge on any atom is 0.330 e. The fourth-order valence-electron chi connectivity index (χ4n) is 3.26. The van der Waals surface area contributed by atoms with Crippen molar-refractivity contribution in [2.45, 2.75) is 33.7 Å². The molecule has 0 aliphatic rings. The molecule has 3 rings (SSSR count). The van der Waals surface area contributed by atoms with E-state index in [2.05, 4.69) is 9.97 Å². The average molecular weight is 462 g/mol. The summed E-state index contributed by atoms with van der Waals surface area (Å²) < 4.78 is 12.1. The number of nitrogens with zero attached hydrogens (tertiary/aromatic N) is 3. The van der Waals surface area contributed by atoms with Crippen LogP contribution in [0.25, 0.3) is 10.8 Å². The molecule has 172 valence electrons. The summed E-state index contributed by atoms with van der Waals surface area (Å²) in [5.74, 6) is 0.577. The third-order valence-corrected chi connectivity index (χ3v) is 5.65. The highest BCUT2D eigenvalue weighted by Crippen LogP contribution is 2.27. The van der Waals surface area contributed by atoms with Crippen LogP contribution in [0.3, 0.4) is 0 Å². The number of nitrogens with two attached hydrogens (primary N) is 1. The van der Waals surface area contributed by atoms with Crippen molar-refractivity contribution in [3.8, 4) is 10.8 Å². The van der Waals surface area contributed by atoms with Gasteiger partial charge in [-0.1, -0.05) is 19.9 Å². The smallest absolute Gasteiger partial charge is 0.330 e. The quantitative estimate of drug-likeness (QED) is 0.497. The van der Waals surface area contributed by atoms with Crippen molar-refractivity contribution in [1.29, 1.82) is 0 Å². The van der Waals surface area contributed by atoms with E-state index in [1.54, 1.807) is 6.92 Å².